The van der Waals surface area contributed by atoms with Gasteiger partial charge in [0.1, 0.15) is 6.10 Å². The molecule has 0 aromatic rings. The summed E-state index contributed by atoms with van der Waals surface area (Å²) in [4.78, 5) is 4.50. The van der Waals surface area contributed by atoms with Gasteiger partial charge >= 0.3 is 0 Å². The number of nitrogens with zero attached hydrogens (tertiary/aromatic N) is 1. The zero-order valence-corrected chi connectivity index (χ0v) is 10.4. The maximum atomic E-state index is 9.97. The van der Waals surface area contributed by atoms with Gasteiger partial charge in [-0.15, -0.1) is 11.8 Å². The number of hydrogen-bond donors (Lipinski definition) is 3. The standard InChI is InChI=1S/C11H19NO3S/c1-5(2)11-12-8-7(16-11)3-6(4-13)9(14)10(8)15/h5-10,13-15H,3-4H2,1-2H3/t6-,7+,8+,9-,10-/m1/s1. The van der Waals surface area contributed by atoms with E-state index in [9.17, 15) is 10.2 Å². The van der Waals surface area contributed by atoms with Gasteiger partial charge in [0, 0.05) is 23.7 Å². The van der Waals surface area contributed by atoms with E-state index in [2.05, 4.69) is 18.8 Å². The van der Waals surface area contributed by atoms with Crippen LogP contribution in [0.4, 0.5) is 0 Å². The molecule has 0 spiro atoms. The average molecular weight is 245 g/mol. The summed E-state index contributed by atoms with van der Waals surface area (Å²) in [5.74, 6) is 0.151. The van der Waals surface area contributed by atoms with Gasteiger partial charge in [0.25, 0.3) is 0 Å². The van der Waals surface area contributed by atoms with E-state index >= 15 is 0 Å². The lowest BCUT2D eigenvalue weighted by molar-refractivity contribution is -0.0646. The Kier molecular flexibility index (Phi) is 3.59. The maximum Gasteiger partial charge on any atom is 0.104 e. The Morgan fingerprint density at radius 1 is 1.38 bits per heavy atom. The minimum atomic E-state index is -0.845. The minimum absolute atomic E-state index is 0.0704. The molecule has 2 aliphatic rings. The van der Waals surface area contributed by atoms with Crippen LogP contribution in [-0.4, -0.2) is 50.5 Å². The monoisotopic (exact) mass is 245 g/mol. The van der Waals surface area contributed by atoms with Gasteiger partial charge in [-0.1, -0.05) is 13.8 Å². The first-order chi connectivity index (χ1) is 7.54. The summed E-state index contributed by atoms with van der Waals surface area (Å²) in [5, 5.41) is 30.2. The highest BCUT2D eigenvalue weighted by Gasteiger charge is 2.46. The number of hydrogen-bond acceptors (Lipinski definition) is 5. The molecule has 0 amide bonds. The van der Waals surface area contributed by atoms with E-state index in [1.165, 1.54) is 0 Å². The lowest BCUT2D eigenvalue weighted by Gasteiger charge is -2.37. The molecule has 5 heteroatoms. The normalized spacial score (nSPS) is 43.4. The molecule has 1 saturated carbocycles. The highest BCUT2D eigenvalue weighted by molar-refractivity contribution is 8.14. The lowest BCUT2D eigenvalue weighted by atomic mass is 9.81. The van der Waals surface area contributed by atoms with Gasteiger partial charge in [-0.2, -0.15) is 0 Å². The van der Waals surface area contributed by atoms with Crippen molar-refractivity contribution in [3.63, 3.8) is 0 Å². The summed E-state index contributed by atoms with van der Waals surface area (Å²) in [7, 11) is 0. The molecule has 0 aromatic carbocycles. The topological polar surface area (TPSA) is 73.1 Å². The Labute approximate surface area is 99.8 Å². The molecule has 0 unspecified atom stereocenters. The van der Waals surface area contributed by atoms with Crippen molar-refractivity contribution in [3.8, 4) is 0 Å². The van der Waals surface area contributed by atoms with Crippen LogP contribution in [0.25, 0.3) is 0 Å². The van der Waals surface area contributed by atoms with Gasteiger partial charge in [-0.05, 0) is 6.42 Å². The van der Waals surface area contributed by atoms with E-state index < -0.39 is 12.2 Å². The van der Waals surface area contributed by atoms with Crippen molar-refractivity contribution in [1.29, 1.82) is 0 Å². The molecule has 1 aliphatic heterocycles. The van der Waals surface area contributed by atoms with Crippen LogP contribution in [0.15, 0.2) is 4.99 Å². The Balaban J connectivity index is 2.14. The fraction of sp³-hybridized carbons (Fsp3) is 0.909. The van der Waals surface area contributed by atoms with E-state index in [0.29, 0.717) is 5.92 Å². The third-order valence-corrected chi connectivity index (χ3v) is 4.97. The molecule has 5 atom stereocenters. The zero-order valence-electron chi connectivity index (χ0n) is 9.58. The first kappa shape index (κ1) is 12.4. The minimum Gasteiger partial charge on any atom is -0.396 e. The SMILES string of the molecule is CC(C)C1=N[C@@H]2[C@@H](O)[C@H](O)[C@@H](CO)C[C@@H]2S1. The number of aliphatic hydroxyl groups is 3. The van der Waals surface area contributed by atoms with E-state index in [4.69, 9.17) is 5.11 Å². The second-order valence-corrected chi connectivity index (χ2v) is 6.19. The van der Waals surface area contributed by atoms with Crippen molar-refractivity contribution in [2.75, 3.05) is 6.61 Å². The quantitative estimate of drug-likeness (QED) is 0.652. The Morgan fingerprint density at radius 2 is 2.06 bits per heavy atom. The average Bonchev–Trinajstić information content (AvgIpc) is 2.67. The zero-order chi connectivity index (χ0) is 11.9. The first-order valence-corrected chi connectivity index (χ1v) is 6.64. The molecule has 0 aromatic heterocycles. The Hall–Kier alpha value is -0.100. The number of thioether (sulfide) groups is 1. The van der Waals surface area contributed by atoms with Crippen LogP contribution in [0.1, 0.15) is 20.3 Å². The van der Waals surface area contributed by atoms with E-state index in [1.54, 1.807) is 11.8 Å². The number of aliphatic imine (C=N–C) groups is 1. The van der Waals surface area contributed by atoms with Gasteiger partial charge in [0.15, 0.2) is 0 Å². The number of aliphatic hydroxyl groups excluding tert-OH is 3. The molecule has 1 fully saturated rings. The van der Waals surface area contributed by atoms with Crippen molar-refractivity contribution < 1.29 is 15.3 Å². The van der Waals surface area contributed by atoms with Crippen LogP contribution in [0.3, 0.4) is 0 Å². The maximum absolute atomic E-state index is 9.97. The molecule has 0 radical (unpaired) electrons. The van der Waals surface area contributed by atoms with Crippen molar-refractivity contribution in [2.45, 2.75) is 43.8 Å². The molecule has 92 valence electrons. The smallest absolute Gasteiger partial charge is 0.104 e. The molecule has 3 N–H and O–H groups in total. The van der Waals surface area contributed by atoms with Gasteiger partial charge in [-0.3, -0.25) is 4.99 Å². The van der Waals surface area contributed by atoms with Gasteiger partial charge < -0.3 is 15.3 Å². The summed E-state index contributed by atoms with van der Waals surface area (Å²) in [6.07, 6.45) is -0.953. The predicted octanol–water partition coefficient (Wildman–Crippen LogP) is 0.259. The summed E-state index contributed by atoms with van der Waals surface area (Å²) in [6, 6.07) is -0.194. The first-order valence-electron chi connectivity index (χ1n) is 5.76. The fourth-order valence-electron chi connectivity index (χ4n) is 2.36. The third kappa shape index (κ3) is 2.01. The van der Waals surface area contributed by atoms with E-state index in [1.807, 2.05) is 0 Å². The van der Waals surface area contributed by atoms with Crippen molar-refractivity contribution >= 4 is 16.8 Å². The van der Waals surface area contributed by atoms with Crippen LogP contribution in [0.2, 0.25) is 0 Å². The largest absolute Gasteiger partial charge is 0.396 e. The molecule has 16 heavy (non-hydrogen) atoms. The molecule has 1 heterocycles. The fourth-order valence-corrected chi connectivity index (χ4v) is 3.83. The van der Waals surface area contributed by atoms with Crippen molar-refractivity contribution in [1.82, 2.24) is 0 Å². The Morgan fingerprint density at radius 3 is 2.62 bits per heavy atom. The van der Waals surface area contributed by atoms with Gasteiger partial charge in [0.05, 0.1) is 17.2 Å². The van der Waals surface area contributed by atoms with Crippen molar-refractivity contribution in [2.24, 2.45) is 16.8 Å². The molecular weight excluding hydrogens is 226 g/mol. The summed E-state index contributed by atoms with van der Waals surface area (Å²) in [5.41, 5.74) is 0. The van der Waals surface area contributed by atoms with Crippen molar-refractivity contribution in [3.05, 3.63) is 0 Å². The highest BCUT2D eigenvalue weighted by atomic mass is 32.2. The number of fused-ring (bicyclic) bond motifs is 1. The van der Waals surface area contributed by atoms with Crippen LogP contribution < -0.4 is 0 Å². The molecule has 0 saturated heterocycles. The Bertz CT molecular complexity index is 295. The third-order valence-electron chi connectivity index (χ3n) is 3.38. The second-order valence-electron chi connectivity index (χ2n) is 4.93. The summed E-state index contributed by atoms with van der Waals surface area (Å²) < 4.78 is 0. The lowest BCUT2D eigenvalue weighted by Crippen LogP contribution is -2.51. The van der Waals surface area contributed by atoms with E-state index in [-0.39, 0.29) is 23.8 Å². The summed E-state index contributed by atoms with van der Waals surface area (Å²) in [6.45, 7) is 4.09. The van der Waals surface area contributed by atoms with Crippen LogP contribution in [0.5, 0.6) is 0 Å². The molecule has 1 aliphatic carbocycles. The molecular formula is C11H19NO3S. The molecule has 2 rings (SSSR count). The summed E-state index contributed by atoms with van der Waals surface area (Å²) >= 11 is 1.70. The van der Waals surface area contributed by atoms with Gasteiger partial charge in [-0.25, -0.2) is 0 Å². The van der Waals surface area contributed by atoms with Gasteiger partial charge in [0.2, 0.25) is 0 Å². The second kappa shape index (κ2) is 4.64. The van der Waals surface area contributed by atoms with E-state index in [0.717, 1.165) is 11.5 Å². The molecule has 0 bridgehead atoms. The highest BCUT2D eigenvalue weighted by Crippen LogP contribution is 2.41. The van der Waals surface area contributed by atoms with Crippen LogP contribution in [-0.2, 0) is 0 Å². The molecule has 4 nitrogen and oxygen atoms in total. The predicted molar refractivity (Wildman–Crippen MR) is 64.6 cm³/mol. The number of rotatable bonds is 2. The van der Waals surface area contributed by atoms with Crippen LogP contribution >= 0.6 is 11.8 Å². The van der Waals surface area contributed by atoms with Crippen LogP contribution in [0, 0.1) is 11.8 Å².